The Balaban J connectivity index is 1.50. The lowest BCUT2D eigenvalue weighted by atomic mass is 9.93. The number of carbonyl (C=O) groups is 1. The van der Waals surface area contributed by atoms with E-state index in [0.29, 0.717) is 24.5 Å². The van der Waals surface area contributed by atoms with Crippen LogP contribution in [0.2, 0.25) is 5.02 Å². The minimum Gasteiger partial charge on any atom is -0.382 e. The van der Waals surface area contributed by atoms with Gasteiger partial charge >= 0.3 is 0 Å². The lowest BCUT2D eigenvalue weighted by Crippen LogP contribution is -2.48. The predicted octanol–water partition coefficient (Wildman–Crippen LogP) is 3.10. The van der Waals surface area contributed by atoms with Crippen molar-refractivity contribution in [3.63, 3.8) is 0 Å². The zero-order valence-electron chi connectivity index (χ0n) is 14.0. The van der Waals surface area contributed by atoms with Gasteiger partial charge in [0.15, 0.2) is 0 Å². The Morgan fingerprint density at radius 3 is 3.04 bits per heavy atom. The van der Waals surface area contributed by atoms with Crippen molar-refractivity contribution in [3.05, 3.63) is 34.9 Å². The molecule has 1 aromatic carbocycles. The van der Waals surface area contributed by atoms with Gasteiger partial charge < -0.3 is 14.9 Å². The van der Waals surface area contributed by atoms with Crippen LogP contribution in [0.5, 0.6) is 0 Å². The first-order valence-electron chi connectivity index (χ1n) is 8.32. The lowest BCUT2D eigenvalue weighted by molar-refractivity contribution is -0.134. The third kappa shape index (κ3) is 4.48. The Labute approximate surface area is 147 Å². The minimum atomic E-state index is -0.537. The first kappa shape index (κ1) is 17.2. The maximum atomic E-state index is 12.4. The molecule has 1 saturated heterocycles. The summed E-state index contributed by atoms with van der Waals surface area (Å²) in [5.41, 5.74) is 1.74. The van der Waals surface area contributed by atoms with Crippen LogP contribution in [0.15, 0.2) is 29.4 Å². The van der Waals surface area contributed by atoms with E-state index < -0.39 is 6.10 Å². The van der Waals surface area contributed by atoms with Gasteiger partial charge in [-0.25, -0.2) is 0 Å². The number of hydrogen-bond acceptors (Lipinski definition) is 4. The number of nitrogens with zero attached hydrogens (tertiary/aromatic N) is 1. The molecule has 0 radical (unpaired) electrons. The summed E-state index contributed by atoms with van der Waals surface area (Å²) in [6.45, 7) is 4.76. The fourth-order valence-electron chi connectivity index (χ4n) is 3.20. The number of benzene rings is 1. The van der Waals surface area contributed by atoms with Crippen LogP contribution in [-0.2, 0) is 20.8 Å². The molecule has 1 fully saturated rings. The van der Waals surface area contributed by atoms with E-state index in [0.717, 1.165) is 24.1 Å². The summed E-state index contributed by atoms with van der Waals surface area (Å²) in [7, 11) is 0. The van der Waals surface area contributed by atoms with Crippen LogP contribution < -0.4 is 5.32 Å². The van der Waals surface area contributed by atoms with Crippen LogP contribution in [0.3, 0.4) is 0 Å². The maximum absolute atomic E-state index is 12.4. The zero-order valence-corrected chi connectivity index (χ0v) is 14.8. The highest BCUT2D eigenvalue weighted by Gasteiger charge is 2.33. The highest BCUT2D eigenvalue weighted by molar-refractivity contribution is 6.30. The molecule has 1 aromatic rings. The van der Waals surface area contributed by atoms with E-state index in [9.17, 15) is 4.79 Å². The number of ether oxygens (including phenoxy) is 1. The average molecular weight is 351 g/mol. The van der Waals surface area contributed by atoms with Crippen molar-refractivity contribution in [1.29, 1.82) is 0 Å². The smallest absolute Gasteiger partial charge is 0.264 e. The van der Waals surface area contributed by atoms with E-state index in [1.54, 1.807) is 0 Å². The highest BCUT2D eigenvalue weighted by atomic mass is 35.5. The summed E-state index contributed by atoms with van der Waals surface area (Å²) in [6, 6.07) is 7.77. The van der Waals surface area contributed by atoms with Crippen molar-refractivity contribution in [2.45, 2.75) is 57.3 Å². The molecule has 0 bridgehead atoms. The summed E-state index contributed by atoms with van der Waals surface area (Å²) in [5, 5.41) is 7.84. The number of carbonyl (C=O) groups excluding carboxylic acids is 1. The van der Waals surface area contributed by atoms with Crippen LogP contribution >= 0.6 is 11.6 Å². The molecule has 0 spiro atoms. The summed E-state index contributed by atoms with van der Waals surface area (Å²) in [6.07, 6.45) is 2.27. The predicted molar refractivity (Wildman–Crippen MR) is 93.3 cm³/mol. The molecular weight excluding hydrogens is 328 g/mol. The van der Waals surface area contributed by atoms with Crippen molar-refractivity contribution in [1.82, 2.24) is 5.32 Å². The third-order valence-electron chi connectivity index (χ3n) is 4.36. The van der Waals surface area contributed by atoms with Gasteiger partial charge in [-0.3, -0.25) is 4.79 Å². The topological polar surface area (TPSA) is 59.9 Å². The molecule has 0 unspecified atom stereocenters. The van der Waals surface area contributed by atoms with Gasteiger partial charge in [-0.15, -0.1) is 0 Å². The summed E-state index contributed by atoms with van der Waals surface area (Å²) >= 11 is 6.00. The van der Waals surface area contributed by atoms with Gasteiger partial charge in [0, 0.05) is 30.5 Å². The Hall–Kier alpha value is -1.59. The van der Waals surface area contributed by atoms with Gasteiger partial charge in [-0.1, -0.05) is 28.9 Å². The second-order valence-corrected chi connectivity index (χ2v) is 7.51. The molecule has 0 aliphatic carbocycles. The summed E-state index contributed by atoms with van der Waals surface area (Å²) < 4.78 is 5.68. The van der Waals surface area contributed by atoms with Crippen molar-refractivity contribution in [2.24, 2.45) is 5.16 Å². The molecule has 3 rings (SSSR count). The maximum Gasteiger partial charge on any atom is 0.264 e. The zero-order chi connectivity index (χ0) is 17.2. The summed E-state index contributed by atoms with van der Waals surface area (Å²) in [5.74, 6) is -0.0949. The lowest BCUT2D eigenvalue weighted by Gasteiger charge is -2.36. The molecule has 6 heteroatoms. The molecule has 2 heterocycles. The number of rotatable bonds is 4. The normalized spacial score (nSPS) is 25.7. The van der Waals surface area contributed by atoms with Gasteiger partial charge in [-0.05, 0) is 44.4 Å². The van der Waals surface area contributed by atoms with Crippen LogP contribution in [0, 0.1) is 0 Å². The number of oxime groups is 1. The fraction of sp³-hybridized carbons (Fsp3) is 0.556. The largest absolute Gasteiger partial charge is 0.382 e. The van der Waals surface area contributed by atoms with E-state index in [-0.39, 0.29) is 17.6 Å². The van der Waals surface area contributed by atoms with Gasteiger partial charge in [0.1, 0.15) is 0 Å². The van der Waals surface area contributed by atoms with E-state index in [1.165, 1.54) is 0 Å². The Kier molecular flexibility index (Phi) is 5.11. The SMILES string of the molecule is CC1(C)C[C@@H](NC(=O)[C@H]2CC(Cc3cccc(Cl)c3)=NO2)CCO1. The molecule has 1 N–H and O–H groups in total. The molecular formula is C18H23ClN2O3. The van der Waals surface area contributed by atoms with Gasteiger partial charge in [0.05, 0.1) is 11.3 Å². The third-order valence-corrected chi connectivity index (χ3v) is 4.60. The minimum absolute atomic E-state index is 0.0949. The van der Waals surface area contributed by atoms with E-state index in [4.69, 9.17) is 21.2 Å². The van der Waals surface area contributed by atoms with E-state index >= 15 is 0 Å². The van der Waals surface area contributed by atoms with Crippen molar-refractivity contribution < 1.29 is 14.4 Å². The van der Waals surface area contributed by atoms with Crippen molar-refractivity contribution in [3.8, 4) is 0 Å². The van der Waals surface area contributed by atoms with Gasteiger partial charge in [-0.2, -0.15) is 0 Å². The monoisotopic (exact) mass is 350 g/mol. The van der Waals surface area contributed by atoms with E-state index in [1.807, 2.05) is 38.1 Å². The fourth-order valence-corrected chi connectivity index (χ4v) is 3.42. The van der Waals surface area contributed by atoms with Crippen LogP contribution in [0.25, 0.3) is 0 Å². The number of hydrogen-bond donors (Lipinski definition) is 1. The molecule has 5 nitrogen and oxygen atoms in total. The van der Waals surface area contributed by atoms with E-state index in [2.05, 4.69) is 10.5 Å². The number of nitrogens with one attached hydrogen (secondary N) is 1. The second kappa shape index (κ2) is 7.11. The number of halogens is 1. The van der Waals surface area contributed by atoms with Crippen LogP contribution in [-0.4, -0.2) is 36.0 Å². The average Bonchev–Trinajstić information content (AvgIpc) is 2.95. The molecule has 2 atom stereocenters. The van der Waals surface area contributed by atoms with Crippen molar-refractivity contribution in [2.75, 3.05) is 6.61 Å². The Morgan fingerprint density at radius 2 is 2.29 bits per heavy atom. The van der Waals surface area contributed by atoms with Crippen LogP contribution in [0.1, 0.15) is 38.7 Å². The molecule has 0 aromatic heterocycles. The summed E-state index contributed by atoms with van der Waals surface area (Å²) in [4.78, 5) is 17.7. The molecule has 1 amide bonds. The Bertz CT molecular complexity index is 645. The van der Waals surface area contributed by atoms with Gasteiger partial charge in [0.2, 0.25) is 6.10 Å². The van der Waals surface area contributed by atoms with Crippen molar-refractivity contribution >= 4 is 23.2 Å². The number of amides is 1. The highest BCUT2D eigenvalue weighted by Crippen LogP contribution is 2.24. The first-order chi connectivity index (χ1) is 11.4. The molecule has 130 valence electrons. The second-order valence-electron chi connectivity index (χ2n) is 7.07. The molecule has 24 heavy (non-hydrogen) atoms. The standard InChI is InChI=1S/C18H23ClN2O3/c1-18(2)11-14(6-7-23-18)20-17(22)16-10-15(21-24-16)9-12-4-3-5-13(19)8-12/h3-5,8,14,16H,6-7,9-11H2,1-2H3,(H,20,22)/t14-,16+/m0/s1. The molecule has 2 aliphatic rings. The molecule has 0 saturated carbocycles. The van der Waals surface area contributed by atoms with Crippen LogP contribution in [0.4, 0.5) is 0 Å². The first-order valence-corrected chi connectivity index (χ1v) is 8.69. The Morgan fingerprint density at radius 1 is 1.46 bits per heavy atom. The quantitative estimate of drug-likeness (QED) is 0.907. The molecule has 2 aliphatic heterocycles. The van der Waals surface area contributed by atoms with Gasteiger partial charge in [0.25, 0.3) is 5.91 Å².